The van der Waals surface area contributed by atoms with Crippen molar-refractivity contribution in [2.45, 2.75) is 39.3 Å². The molecule has 2 rings (SSSR count). The molecule has 0 fully saturated rings. The summed E-state index contributed by atoms with van der Waals surface area (Å²) >= 11 is 0. The minimum Gasteiger partial charge on any atom is -0.497 e. The number of hydrogen-bond donors (Lipinski definition) is 0. The molecule has 0 heterocycles. The molecule has 0 aliphatic heterocycles. The predicted molar refractivity (Wildman–Crippen MR) is 120 cm³/mol. The minimum absolute atomic E-state index is 0.0291. The Kier molecular flexibility index (Phi) is 9.81. The van der Waals surface area contributed by atoms with Crippen LogP contribution in [0.1, 0.15) is 37.3 Å². The van der Waals surface area contributed by atoms with Crippen molar-refractivity contribution in [3.05, 3.63) is 59.7 Å². The third kappa shape index (κ3) is 8.22. The Bertz CT molecular complexity index is 861. The molecule has 8 heteroatoms. The van der Waals surface area contributed by atoms with Gasteiger partial charge < -0.3 is 14.2 Å². The van der Waals surface area contributed by atoms with Gasteiger partial charge in [0.15, 0.2) is 0 Å². The summed E-state index contributed by atoms with van der Waals surface area (Å²) in [5, 5.41) is 0. The molecule has 0 aliphatic carbocycles. The Hall–Kier alpha value is -2.58. The maximum absolute atomic E-state index is 13.1. The fourth-order valence-electron chi connectivity index (χ4n) is 3.04. The van der Waals surface area contributed by atoms with Crippen LogP contribution in [-0.4, -0.2) is 45.3 Å². The molecule has 0 aliphatic rings. The smallest absolute Gasteiger partial charge is 0.305 e. The SMILES string of the molecule is CCOC(=O)CCCCS(=O)(=O)N(Cc1ccc(OC)cc1)Cc1ccc(OC)cc1. The van der Waals surface area contributed by atoms with Gasteiger partial charge in [-0.1, -0.05) is 24.3 Å². The normalized spacial score (nSPS) is 11.4. The Morgan fingerprint density at radius 3 is 1.74 bits per heavy atom. The monoisotopic (exact) mass is 449 g/mol. The first kappa shape index (κ1) is 24.7. The molecular weight excluding hydrogens is 418 g/mol. The maximum Gasteiger partial charge on any atom is 0.305 e. The van der Waals surface area contributed by atoms with Gasteiger partial charge in [-0.05, 0) is 55.2 Å². The summed E-state index contributed by atoms with van der Waals surface area (Å²) < 4.78 is 43.0. The van der Waals surface area contributed by atoms with Crippen LogP contribution >= 0.6 is 0 Å². The second-order valence-electron chi connectivity index (χ2n) is 7.04. The number of rotatable bonds is 13. The van der Waals surface area contributed by atoms with Crippen molar-refractivity contribution in [2.75, 3.05) is 26.6 Å². The highest BCUT2D eigenvalue weighted by Crippen LogP contribution is 2.20. The average molecular weight is 450 g/mol. The predicted octanol–water partition coefficient (Wildman–Crippen LogP) is 3.77. The molecule has 2 aromatic carbocycles. The lowest BCUT2D eigenvalue weighted by Gasteiger charge is -2.23. The van der Waals surface area contributed by atoms with E-state index in [4.69, 9.17) is 14.2 Å². The summed E-state index contributed by atoms with van der Waals surface area (Å²) in [4.78, 5) is 11.5. The summed E-state index contributed by atoms with van der Waals surface area (Å²) in [7, 11) is -0.364. The topological polar surface area (TPSA) is 82.1 Å². The molecule has 0 saturated heterocycles. The lowest BCUT2D eigenvalue weighted by molar-refractivity contribution is -0.143. The van der Waals surface area contributed by atoms with Crippen molar-refractivity contribution in [3.8, 4) is 11.5 Å². The van der Waals surface area contributed by atoms with E-state index < -0.39 is 10.0 Å². The van der Waals surface area contributed by atoms with Crippen LogP contribution in [0.2, 0.25) is 0 Å². The van der Waals surface area contributed by atoms with E-state index in [0.717, 1.165) is 11.1 Å². The maximum atomic E-state index is 13.1. The van der Waals surface area contributed by atoms with Crippen LogP contribution in [0.5, 0.6) is 11.5 Å². The first-order valence-electron chi connectivity index (χ1n) is 10.3. The van der Waals surface area contributed by atoms with E-state index in [9.17, 15) is 13.2 Å². The molecule has 170 valence electrons. The highest BCUT2D eigenvalue weighted by atomic mass is 32.2. The van der Waals surface area contributed by atoms with E-state index >= 15 is 0 Å². The fourth-order valence-corrected chi connectivity index (χ4v) is 4.56. The first-order valence-corrected chi connectivity index (χ1v) is 11.9. The van der Waals surface area contributed by atoms with Gasteiger partial charge in [-0.15, -0.1) is 0 Å². The molecule has 0 unspecified atom stereocenters. The summed E-state index contributed by atoms with van der Waals surface area (Å²) in [6.45, 7) is 2.57. The number of sulfonamides is 1. The van der Waals surface area contributed by atoms with Crippen LogP contribution in [0.4, 0.5) is 0 Å². The summed E-state index contributed by atoms with van der Waals surface area (Å²) in [5.41, 5.74) is 1.73. The lowest BCUT2D eigenvalue weighted by Crippen LogP contribution is -2.32. The van der Waals surface area contributed by atoms with Crippen molar-refractivity contribution in [1.82, 2.24) is 4.31 Å². The van der Waals surface area contributed by atoms with Gasteiger partial charge in [0.05, 0.1) is 26.6 Å². The van der Waals surface area contributed by atoms with Crippen molar-refractivity contribution >= 4 is 16.0 Å². The van der Waals surface area contributed by atoms with Gasteiger partial charge in [0, 0.05) is 19.5 Å². The van der Waals surface area contributed by atoms with E-state index in [2.05, 4.69) is 0 Å². The number of unbranched alkanes of at least 4 members (excludes halogenated alkanes) is 1. The van der Waals surface area contributed by atoms with E-state index in [0.29, 0.717) is 30.9 Å². The third-order valence-corrected chi connectivity index (χ3v) is 6.62. The molecule has 31 heavy (non-hydrogen) atoms. The summed E-state index contributed by atoms with van der Waals surface area (Å²) in [6, 6.07) is 14.7. The van der Waals surface area contributed by atoms with Crippen LogP contribution in [0.3, 0.4) is 0 Å². The van der Waals surface area contributed by atoms with Crippen molar-refractivity contribution in [1.29, 1.82) is 0 Å². The van der Waals surface area contributed by atoms with E-state index in [1.807, 2.05) is 48.5 Å². The molecule has 0 aromatic heterocycles. The zero-order valence-electron chi connectivity index (χ0n) is 18.4. The van der Waals surface area contributed by atoms with E-state index in [1.165, 1.54) is 4.31 Å². The Morgan fingerprint density at radius 2 is 1.32 bits per heavy atom. The minimum atomic E-state index is -3.54. The average Bonchev–Trinajstić information content (AvgIpc) is 2.77. The fraction of sp³-hybridized carbons (Fsp3) is 0.435. The largest absolute Gasteiger partial charge is 0.497 e. The molecule has 7 nitrogen and oxygen atoms in total. The molecule has 0 bridgehead atoms. The van der Waals surface area contributed by atoms with Crippen LogP contribution in [0.25, 0.3) is 0 Å². The Labute approximate surface area is 185 Å². The van der Waals surface area contributed by atoms with Gasteiger partial charge in [0.1, 0.15) is 11.5 Å². The highest BCUT2D eigenvalue weighted by molar-refractivity contribution is 7.89. The number of methoxy groups -OCH3 is 2. The molecule has 0 radical (unpaired) electrons. The van der Waals surface area contributed by atoms with Crippen LogP contribution in [-0.2, 0) is 32.6 Å². The van der Waals surface area contributed by atoms with Crippen molar-refractivity contribution < 1.29 is 27.4 Å². The van der Waals surface area contributed by atoms with Crippen LogP contribution in [0, 0.1) is 0 Å². The second kappa shape index (κ2) is 12.3. The van der Waals surface area contributed by atoms with Crippen LogP contribution < -0.4 is 9.47 Å². The highest BCUT2D eigenvalue weighted by Gasteiger charge is 2.22. The Morgan fingerprint density at radius 1 is 0.839 bits per heavy atom. The number of nitrogens with zero attached hydrogens (tertiary/aromatic N) is 1. The van der Waals surface area contributed by atoms with Crippen molar-refractivity contribution in [2.24, 2.45) is 0 Å². The quantitative estimate of drug-likeness (QED) is 0.342. The zero-order chi connectivity index (χ0) is 22.7. The Balaban J connectivity index is 2.10. The van der Waals surface area contributed by atoms with Crippen molar-refractivity contribution in [3.63, 3.8) is 0 Å². The molecule has 0 N–H and O–H groups in total. The van der Waals surface area contributed by atoms with E-state index in [-0.39, 0.29) is 31.2 Å². The standard InChI is InChI=1S/C23H31NO6S/c1-4-30-23(25)7-5-6-16-31(26,27)24(17-19-8-12-21(28-2)13-9-19)18-20-10-14-22(29-3)15-11-20/h8-15H,4-7,16-18H2,1-3H3. The van der Waals surface area contributed by atoms with E-state index in [1.54, 1.807) is 21.1 Å². The molecule has 0 spiro atoms. The van der Waals surface area contributed by atoms with Gasteiger partial charge in [-0.2, -0.15) is 4.31 Å². The molecule has 2 aromatic rings. The number of esters is 1. The van der Waals surface area contributed by atoms with Crippen LogP contribution in [0.15, 0.2) is 48.5 Å². The number of ether oxygens (including phenoxy) is 3. The zero-order valence-corrected chi connectivity index (χ0v) is 19.2. The molecule has 0 saturated carbocycles. The second-order valence-corrected chi connectivity index (χ2v) is 9.13. The number of carbonyl (C=O) groups is 1. The van der Waals surface area contributed by atoms with Gasteiger partial charge in [-0.25, -0.2) is 8.42 Å². The summed E-state index contributed by atoms with van der Waals surface area (Å²) in [5.74, 6) is 1.10. The van der Waals surface area contributed by atoms with Gasteiger partial charge in [-0.3, -0.25) is 4.79 Å². The molecule has 0 amide bonds. The lowest BCUT2D eigenvalue weighted by atomic mass is 10.2. The van der Waals surface area contributed by atoms with Gasteiger partial charge >= 0.3 is 5.97 Å². The van der Waals surface area contributed by atoms with Gasteiger partial charge in [0.25, 0.3) is 0 Å². The summed E-state index contributed by atoms with van der Waals surface area (Å²) in [6.07, 6.45) is 1.08. The number of hydrogen-bond acceptors (Lipinski definition) is 6. The number of carbonyl (C=O) groups excluding carboxylic acids is 1. The molecular formula is C23H31NO6S. The van der Waals surface area contributed by atoms with Gasteiger partial charge in [0.2, 0.25) is 10.0 Å². The number of benzene rings is 2. The first-order chi connectivity index (χ1) is 14.9. The third-order valence-electron chi connectivity index (χ3n) is 4.77. The molecule has 0 atom stereocenters.